The fourth-order valence-electron chi connectivity index (χ4n) is 7.76. The van der Waals surface area contributed by atoms with Crippen molar-refractivity contribution in [1.29, 1.82) is 0 Å². The summed E-state index contributed by atoms with van der Waals surface area (Å²) in [6.07, 6.45) is 8.84. The van der Waals surface area contributed by atoms with E-state index in [4.69, 9.17) is 0 Å². The first kappa shape index (κ1) is 33.8. The molecule has 0 radical (unpaired) electrons. The van der Waals surface area contributed by atoms with Crippen LogP contribution >= 0.6 is 0 Å². The third-order valence-electron chi connectivity index (χ3n) is 10.6. The third-order valence-corrected chi connectivity index (χ3v) is 10.6. The lowest BCUT2D eigenvalue weighted by molar-refractivity contribution is 1.05. The highest BCUT2D eigenvalue weighted by atomic mass is 15.1. The molecule has 0 saturated carbocycles. The van der Waals surface area contributed by atoms with Crippen molar-refractivity contribution in [3.63, 3.8) is 0 Å². The molecule has 1 aliphatic carbocycles. The Hall–Kier alpha value is -6.96. The van der Waals surface area contributed by atoms with Crippen LogP contribution < -0.4 is 4.90 Å². The Labute approximate surface area is 324 Å². The molecule has 0 atom stereocenters. The highest BCUT2D eigenvalue weighted by molar-refractivity contribution is 5.93. The van der Waals surface area contributed by atoms with E-state index in [0.717, 1.165) is 29.9 Å². The van der Waals surface area contributed by atoms with Crippen LogP contribution in [0.1, 0.15) is 18.4 Å². The Morgan fingerprint density at radius 3 is 1.20 bits per heavy atom. The van der Waals surface area contributed by atoms with Crippen molar-refractivity contribution in [3.05, 3.63) is 230 Å². The molecule has 9 rings (SSSR count). The molecule has 0 fully saturated rings. The van der Waals surface area contributed by atoms with Gasteiger partial charge in [-0.25, -0.2) is 0 Å². The first-order valence-corrected chi connectivity index (χ1v) is 19.1. The van der Waals surface area contributed by atoms with Crippen LogP contribution in [0.3, 0.4) is 0 Å². The summed E-state index contributed by atoms with van der Waals surface area (Å²) in [6.45, 7) is 0. The topological polar surface area (TPSA) is 3.24 Å². The Kier molecular flexibility index (Phi) is 9.58. The van der Waals surface area contributed by atoms with Crippen molar-refractivity contribution < 1.29 is 0 Å². The van der Waals surface area contributed by atoms with Gasteiger partial charge in [0, 0.05) is 17.1 Å². The second-order valence-corrected chi connectivity index (χ2v) is 14.0. The van der Waals surface area contributed by atoms with E-state index in [1.807, 2.05) is 0 Å². The second-order valence-electron chi connectivity index (χ2n) is 14.0. The Balaban J connectivity index is 1.20. The van der Waals surface area contributed by atoms with Crippen LogP contribution in [0, 0.1) is 0 Å². The van der Waals surface area contributed by atoms with E-state index in [1.165, 1.54) is 66.8 Å². The number of allylic oxidation sites excluding steroid dienone is 4. The highest BCUT2D eigenvalue weighted by Gasteiger charge is 2.19. The summed E-state index contributed by atoms with van der Waals surface area (Å²) in [6, 6.07) is 74.7. The maximum Gasteiger partial charge on any atom is 0.0468 e. The van der Waals surface area contributed by atoms with Gasteiger partial charge in [0.25, 0.3) is 0 Å². The van der Waals surface area contributed by atoms with E-state index in [0.29, 0.717) is 0 Å². The first-order valence-electron chi connectivity index (χ1n) is 19.1. The van der Waals surface area contributed by atoms with Gasteiger partial charge >= 0.3 is 0 Å². The zero-order valence-electron chi connectivity index (χ0n) is 30.7. The molecule has 0 heterocycles. The molecular weight excluding hydrogens is 663 g/mol. The molecule has 8 aromatic carbocycles. The number of benzene rings is 8. The average Bonchev–Trinajstić information content (AvgIpc) is 3.28. The summed E-state index contributed by atoms with van der Waals surface area (Å²) >= 11 is 0. The molecule has 262 valence electrons. The molecule has 1 heteroatoms. The number of hydrogen-bond donors (Lipinski definition) is 0. The normalized spacial score (nSPS) is 12.3. The minimum absolute atomic E-state index is 1.04. The van der Waals surface area contributed by atoms with Crippen molar-refractivity contribution in [3.8, 4) is 55.6 Å². The summed E-state index contributed by atoms with van der Waals surface area (Å²) in [5.74, 6) is 0. The third kappa shape index (κ3) is 7.21. The molecule has 0 bridgehead atoms. The van der Waals surface area contributed by atoms with Gasteiger partial charge in [-0.1, -0.05) is 188 Å². The molecule has 8 aromatic rings. The lowest BCUT2D eigenvalue weighted by atomic mass is 9.86. The van der Waals surface area contributed by atoms with Gasteiger partial charge in [-0.3, -0.25) is 0 Å². The molecular formula is C54H41N. The Morgan fingerprint density at radius 2 is 0.709 bits per heavy atom. The van der Waals surface area contributed by atoms with Crippen molar-refractivity contribution in [2.45, 2.75) is 12.8 Å². The predicted octanol–water partition coefficient (Wildman–Crippen LogP) is 15.2. The zero-order valence-corrected chi connectivity index (χ0v) is 30.7. The Bertz CT molecular complexity index is 2500. The van der Waals surface area contributed by atoms with E-state index in [9.17, 15) is 0 Å². The van der Waals surface area contributed by atoms with Gasteiger partial charge in [0.05, 0.1) is 0 Å². The van der Waals surface area contributed by atoms with E-state index >= 15 is 0 Å². The van der Waals surface area contributed by atoms with Crippen LogP contribution in [0.25, 0.3) is 61.2 Å². The van der Waals surface area contributed by atoms with Crippen LogP contribution in [0.5, 0.6) is 0 Å². The SMILES string of the molecule is C1=CCCC(c2ccccc2-c2ccc(N(c3ccc(-c4ccccc4)cc3)c3ccc(-c4ccccc4)cc3)cc2-c2ccc(-c3ccccc3)cc2)=C1. The lowest BCUT2D eigenvalue weighted by Gasteiger charge is -2.27. The van der Waals surface area contributed by atoms with E-state index in [-0.39, 0.29) is 0 Å². The maximum atomic E-state index is 2.38. The monoisotopic (exact) mass is 703 g/mol. The molecule has 55 heavy (non-hydrogen) atoms. The standard InChI is InChI=1S/C54H41N/c1-5-15-40(16-6-1)43-25-27-47(28-26-43)54-39-50(37-38-53(54)52-24-14-13-23-51(52)46-21-11-4-12-22-46)55(48-33-29-44(30-34-48)41-17-7-2-8-18-41)49-35-31-45(32-36-49)42-19-9-3-10-20-42/h1-11,13-21,23-39H,12,22H2. The molecule has 0 saturated heterocycles. The van der Waals surface area contributed by atoms with Crippen LogP contribution in [-0.4, -0.2) is 0 Å². The first-order chi connectivity index (χ1) is 27.3. The smallest absolute Gasteiger partial charge is 0.0468 e. The van der Waals surface area contributed by atoms with E-state index in [2.05, 4.69) is 229 Å². The number of nitrogens with zero attached hydrogens (tertiary/aromatic N) is 1. The second kappa shape index (κ2) is 15.6. The number of hydrogen-bond acceptors (Lipinski definition) is 1. The zero-order chi connectivity index (χ0) is 36.8. The summed E-state index contributed by atoms with van der Waals surface area (Å²) in [5, 5.41) is 0. The molecule has 0 amide bonds. The van der Waals surface area contributed by atoms with Crippen LogP contribution in [0.2, 0.25) is 0 Å². The van der Waals surface area contributed by atoms with Crippen LogP contribution in [-0.2, 0) is 0 Å². The minimum Gasteiger partial charge on any atom is -0.310 e. The van der Waals surface area contributed by atoms with E-state index in [1.54, 1.807) is 0 Å². The lowest BCUT2D eigenvalue weighted by Crippen LogP contribution is -2.10. The van der Waals surface area contributed by atoms with Gasteiger partial charge in [0.15, 0.2) is 0 Å². The van der Waals surface area contributed by atoms with Gasteiger partial charge < -0.3 is 4.90 Å². The molecule has 0 N–H and O–H groups in total. The fraction of sp³-hybridized carbons (Fsp3) is 0.0370. The number of rotatable bonds is 9. The summed E-state index contributed by atoms with van der Waals surface area (Å²) in [4.78, 5) is 2.38. The van der Waals surface area contributed by atoms with Crippen molar-refractivity contribution in [2.24, 2.45) is 0 Å². The van der Waals surface area contributed by atoms with Crippen molar-refractivity contribution in [1.82, 2.24) is 0 Å². The molecule has 0 unspecified atom stereocenters. The predicted molar refractivity (Wildman–Crippen MR) is 235 cm³/mol. The van der Waals surface area contributed by atoms with Gasteiger partial charge in [-0.15, -0.1) is 0 Å². The van der Waals surface area contributed by atoms with Crippen LogP contribution in [0.15, 0.2) is 224 Å². The molecule has 0 aliphatic heterocycles. The minimum atomic E-state index is 1.04. The maximum absolute atomic E-state index is 2.38. The van der Waals surface area contributed by atoms with Gasteiger partial charge in [0.1, 0.15) is 0 Å². The highest BCUT2D eigenvalue weighted by Crippen LogP contribution is 2.44. The average molecular weight is 704 g/mol. The molecule has 1 nitrogen and oxygen atoms in total. The van der Waals surface area contributed by atoms with Crippen molar-refractivity contribution in [2.75, 3.05) is 4.90 Å². The Morgan fingerprint density at radius 1 is 0.309 bits per heavy atom. The number of anilines is 3. The quantitative estimate of drug-likeness (QED) is 0.145. The fourth-order valence-corrected chi connectivity index (χ4v) is 7.76. The summed E-state index contributed by atoms with van der Waals surface area (Å²) < 4.78 is 0. The molecule has 0 spiro atoms. The van der Waals surface area contributed by atoms with Gasteiger partial charge in [0.2, 0.25) is 0 Å². The summed E-state index contributed by atoms with van der Waals surface area (Å²) in [7, 11) is 0. The van der Waals surface area contributed by atoms with Crippen LogP contribution in [0.4, 0.5) is 17.1 Å². The van der Waals surface area contributed by atoms with Gasteiger partial charge in [-0.2, -0.15) is 0 Å². The van der Waals surface area contributed by atoms with Gasteiger partial charge in [-0.05, 0) is 116 Å². The largest absolute Gasteiger partial charge is 0.310 e. The molecule has 1 aliphatic rings. The van der Waals surface area contributed by atoms with E-state index < -0.39 is 0 Å². The molecule has 0 aromatic heterocycles. The van der Waals surface area contributed by atoms with Crippen molar-refractivity contribution >= 4 is 22.6 Å². The summed E-state index contributed by atoms with van der Waals surface area (Å²) in [5.41, 5.74) is 18.1.